The quantitative estimate of drug-likeness (QED) is 0.889. The summed E-state index contributed by atoms with van der Waals surface area (Å²) in [5.41, 5.74) is 3.42. The number of amides is 1. The smallest absolute Gasteiger partial charge is 0.223 e. The largest absolute Gasteiger partial charge is 0.497 e. The lowest BCUT2D eigenvalue weighted by Crippen LogP contribution is -2.35. The fraction of sp³-hybridized carbons (Fsp3) is 0.444. The normalized spacial score (nSPS) is 16.7. The predicted octanol–water partition coefficient (Wildman–Crippen LogP) is 2.19. The molecule has 3 rings (SSSR count). The Labute approximate surface area is 136 Å². The molecule has 1 atom stereocenters. The Balaban J connectivity index is 1.50. The van der Waals surface area contributed by atoms with E-state index in [-0.39, 0.29) is 11.8 Å². The number of methoxy groups -OCH3 is 1. The van der Waals surface area contributed by atoms with Crippen molar-refractivity contribution >= 4 is 5.91 Å². The van der Waals surface area contributed by atoms with Crippen LogP contribution in [0.1, 0.15) is 29.2 Å². The number of ether oxygens (including phenoxy) is 1. The van der Waals surface area contributed by atoms with Crippen molar-refractivity contribution in [2.24, 2.45) is 5.92 Å². The maximum Gasteiger partial charge on any atom is 0.223 e. The van der Waals surface area contributed by atoms with Crippen LogP contribution in [0.25, 0.3) is 0 Å². The minimum atomic E-state index is 0.0488. The van der Waals surface area contributed by atoms with Crippen molar-refractivity contribution in [1.82, 2.24) is 15.3 Å². The Hall–Kier alpha value is -2.30. The van der Waals surface area contributed by atoms with E-state index in [4.69, 9.17) is 4.74 Å². The van der Waals surface area contributed by atoms with Crippen LogP contribution in [-0.4, -0.2) is 29.5 Å². The molecule has 0 fully saturated rings. The Morgan fingerprint density at radius 2 is 2.35 bits per heavy atom. The molecule has 1 aromatic carbocycles. The Bertz CT molecular complexity index is 693. The lowest BCUT2D eigenvalue weighted by molar-refractivity contribution is -0.125. The number of imidazole rings is 1. The SMILES string of the molecule is COc1cccc(CCNC(=O)[C@H]2CCc3nc(C)[nH]c3C2)c1. The molecule has 0 radical (unpaired) electrons. The van der Waals surface area contributed by atoms with Crippen LogP contribution in [0.2, 0.25) is 0 Å². The number of aromatic amines is 1. The van der Waals surface area contributed by atoms with Crippen molar-refractivity contribution in [3.05, 3.63) is 47.0 Å². The molecule has 0 spiro atoms. The van der Waals surface area contributed by atoms with Gasteiger partial charge in [0.1, 0.15) is 11.6 Å². The van der Waals surface area contributed by atoms with Gasteiger partial charge in [-0.25, -0.2) is 4.98 Å². The van der Waals surface area contributed by atoms with Crippen LogP contribution in [-0.2, 0) is 24.1 Å². The van der Waals surface area contributed by atoms with Gasteiger partial charge in [0.05, 0.1) is 12.8 Å². The van der Waals surface area contributed by atoms with Gasteiger partial charge < -0.3 is 15.0 Å². The average Bonchev–Trinajstić information content (AvgIpc) is 2.94. The lowest BCUT2D eigenvalue weighted by atomic mass is 9.89. The number of aryl methyl sites for hydroxylation is 2. The highest BCUT2D eigenvalue weighted by atomic mass is 16.5. The van der Waals surface area contributed by atoms with Crippen molar-refractivity contribution < 1.29 is 9.53 Å². The third kappa shape index (κ3) is 3.73. The summed E-state index contributed by atoms with van der Waals surface area (Å²) >= 11 is 0. The predicted molar refractivity (Wildman–Crippen MR) is 88.5 cm³/mol. The molecule has 5 heteroatoms. The monoisotopic (exact) mass is 313 g/mol. The Morgan fingerprint density at radius 1 is 1.48 bits per heavy atom. The highest BCUT2D eigenvalue weighted by Crippen LogP contribution is 2.24. The van der Waals surface area contributed by atoms with E-state index in [1.54, 1.807) is 7.11 Å². The van der Waals surface area contributed by atoms with Gasteiger partial charge in [0, 0.05) is 24.6 Å². The molecular formula is C18H23N3O2. The van der Waals surface area contributed by atoms with Crippen LogP contribution in [0.5, 0.6) is 5.75 Å². The van der Waals surface area contributed by atoms with Crippen molar-refractivity contribution in [2.75, 3.05) is 13.7 Å². The number of rotatable bonds is 5. The summed E-state index contributed by atoms with van der Waals surface area (Å²) in [6.07, 6.45) is 3.33. The summed E-state index contributed by atoms with van der Waals surface area (Å²) in [4.78, 5) is 20.1. The molecule has 0 saturated heterocycles. The van der Waals surface area contributed by atoms with Gasteiger partial charge in [-0.05, 0) is 43.9 Å². The zero-order valence-corrected chi connectivity index (χ0v) is 13.7. The highest BCUT2D eigenvalue weighted by Gasteiger charge is 2.26. The van der Waals surface area contributed by atoms with E-state index in [9.17, 15) is 4.79 Å². The second-order valence-corrected chi connectivity index (χ2v) is 6.08. The van der Waals surface area contributed by atoms with E-state index in [1.807, 2.05) is 25.1 Å². The third-order valence-corrected chi connectivity index (χ3v) is 4.38. The summed E-state index contributed by atoms with van der Waals surface area (Å²) in [5, 5.41) is 3.06. The number of carbonyl (C=O) groups excluding carboxylic acids is 1. The number of hydrogen-bond donors (Lipinski definition) is 2. The van der Waals surface area contributed by atoms with Gasteiger partial charge in [-0.1, -0.05) is 12.1 Å². The minimum absolute atomic E-state index is 0.0488. The molecule has 1 aliphatic rings. The first-order valence-corrected chi connectivity index (χ1v) is 8.10. The zero-order chi connectivity index (χ0) is 16.2. The van der Waals surface area contributed by atoms with Crippen LogP contribution in [0.4, 0.5) is 0 Å². The van der Waals surface area contributed by atoms with E-state index in [0.29, 0.717) is 6.54 Å². The number of nitrogens with zero attached hydrogens (tertiary/aromatic N) is 1. The molecule has 1 amide bonds. The molecular weight excluding hydrogens is 290 g/mol. The summed E-state index contributed by atoms with van der Waals surface area (Å²) in [6, 6.07) is 7.95. The standard InChI is InChI=1S/C18H23N3O2/c1-12-20-16-7-6-14(11-17(16)21-12)18(22)19-9-8-13-4-3-5-15(10-13)23-2/h3-5,10,14H,6-9,11H2,1-2H3,(H,19,22)(H,20,21)/t14-/m0/s1. The van der Waals surface area contributed by atoms with Crippen LogP contribution in [0, 0.1) is 12.8 Å². The molecule has 23 heavy (non-hydrogen) atoms. The van der Waals surface area contributed by atoms with E-state index in [0.717, 1.165) is 48.6 Å². The Morgan fingerprint density at radius 3 is 3.17 bits per heavy atom. The van der Waals surface area contributed by atoms with Crippen molar-refractivity contribution in [3.63, 3.8) is 0 Å². The number of H-pyrrole nitrogens is 1. The van der Waals surface area contributed by atoms with E-state index in [1.165, 1.54) is 5.56 Å². The summed E-state index contributed by atoms with van der Waals surface area (Å²) in [5.74, 6) is 1.98. The fourth-order valence-electron chi connectivity index (χ4n) is 3.15. The molecule has 1 heterocycles. The average molecular weight is 313 g/mol. The maximum atomic E-state index is 12.4. The molecule has 0 saturated carbocycles. The zero-order valence-electron chi connectivity index (χ0n) is 13.7. The third-order valence-electron chi connectivity index (χ3n) is 4.38. The van der Waals surface area contributed by atoms with Crippen LogP contribution >= 0.6 is 0 Å². The van der Waals surface area contributed by atoms with Gasteiger partial charge in [-0.15, -0.1) is 0 Å². The number of nitrogens with one attached hydrogen (secondary N) is 2. The van der Waals surface area contributed by atoms with Crippen LogP contribution in [0.15, 0.2) is 24.3 Å². The van der Waals surface area contributed by atoms with E-state index >= 15 is 0 Å². The molecule has 1 aliphatic carbocycles. The molecule has 0 bridgehead atoms. The first-order valence-electron chi connectivity index (χ1n) is 8.10. The lowest BCUT2D eigenvalue weighted by Gasteiger charge is -2.20. The first kappa shape index (κ1) is 15.6. The number of aromatic nitrogens is 2. The highest BCUT2D eigenvalue weighted by molar-refractivity contribution is 5.79. The topological polar surface area (TPSA) is 67.0 Å². The van der Waals surface area contributed by atoms with Gasteiger partial charge in [0.2, 0.25) is 5.91 Å². The summed E-state index contributed by atoms with van der Waals surface area (Å²) < 4.78 is 5.22. The van der Waals surface area contributed by atoms with Gasteiger partial charge in [0.15, 0.2) is 0 Å². The number of hydrogen-bond acceptors (Lipinski definition) is 3. The van der Waals surface area contributed by atoms with E-state index < -0.39 is 0 Å². The summed E-state index contributed by atoms with van der Waals surface area (Å²) in [6.45, 7) is 2.61. The van der Waals surface area contributed by atoms with Gasteiger partial charge >= 0.3 is 0 Å². The van der Waals surface area contributed by atoms with Crippen LogP contribution in [0.3, 0.4) is 0 Å². The molecule has 1 aromatic heterocycles. The molecule has 122 valence electrons. The molecule has 2 aromatic rings. The summed E-state index contributed by atoms with van der Waals surface area (Å²) in [7, 11) is 1.66. The number of carbonyl (C=O) groups is 1. The van der Waals surface area contributed by atoms with Gasteiger partial charge in [-0.3, -0.25) is 4.79 Å². The molecule has 0 aliphatic heterocycles. The minimum Gasteiger partial charge on any atom is -0.497 e. The molecule has 5 nitrogen and oxygen atoms in total. The Kier molecular flexibility index (Phi) is 4.65. The van der Waals surface area contributed by atoms with Gasteiger partial charge in [-0.2, -0.15) is 0 Å². The van der Waals surface area contributed by atoms with E-state index in [2.05, 4.69) is 21.4 Å². The van der Waals surface area contributed by atoms with Crippen molar-refractivity contribution in [2.45, 2.75) is 32.6 Å². The molecule has 2 N–H and O–H groups in total. The second kappa shape index (κ2) is 6.86. The second-order valence-electron chi connectivity index (χ2n) is 6.08. The fourth-order valence-corrected chi connectivity index (χ4v) is 3.15. The number of fused-ring (bicyclic) bond motifs is 1. The molecule has 0 unspecified atom stereocenters. The van der Waals surface area contributed by atoms with Crippen LogP contribution < -0.4 is 10.1 Å². The number of benzene rings is 1. The van der Waals surface area contributed by atoms with Gasteiger partial charge in [0.25, 0.3) is 0 Å². The maximum absolute atomic E-state index is 12.4. The first-order chi connectivity index (χ1) is 11.2. The van der Waals surface area contributed by atoms with Crippen molar-refractivity contribution in [3.8, 4) is 5.75 Å². The van der Waals surface area contributed by atoms with Crippen molar-refractivity contribution in [1.29, 1.82) is 0 Å².